The van der Waals surface area contributed by atoms with Gasteiger partial charge in [0.05, 0.1) is 11.8 Å². The first-order valence-corrected chi connectivity index (χ1v) is 9.85. The first kappa shape index (κ1) is 16.7. The molecule has 0 saturated carbocycles. The number of hydrogen-bond donors (Lipinski definition) is 1. The fourth-order valence-electron chi connectivity index (χ4n) is 3.21. The molecule has 122 valence electrons. The van der Waals surface area contributed by atoms with E-state index < -0.39 is 18.9 Å². The molecule has 0 aliphatic carbocycles. The van der Waals surface area contributed by atoms with Crippen LogP contribution in [0.4, 0.5) is 0 Å². The SMILES string of the molecule is C[C@H](O)[C@H](c1ccccc1)P(=O)(c1ccccc1)c1ccccc1. The van der Waals surface area contributed by atoms with Gasteiger partial charge >= 0.3 is 0 Å². The topological polar surface area (TPSA) is 37.3 Å². The molecule has 0 heterocycles. The maximum Gasteiger partial charge on any atom is 0.152 e. The Balaban J connectivity index is 2.26. The lowest BCUT2D eigenvalue weighted by molar-refractivity contribution is 0.188. The van der Waals surface area contributed by atoms with Crippen LogP contribution in [0.3, 0.4) is 0 Å². The van der Waals surface area contributed by atoms with Crippen molar-refractivity contribution in [2.24, 2.45) is 0 Å². The van der Waals surface area contributed by atoms with E-state index in [0.29, 0.717) is 0 Å². The van der Waals surface area contributed by atoms with Crippen molar-refractivity contribution in [1.82, 2.24) is 0 Å². The molecule has 0 aliphatic rings. The Morgan fingerprint density at radius 2 is 1.08 bits per heavy atom. The highest BCUT2D eigenvalue weighted by atomic mass is 31.2. The van der Waals surface area contributed by atoms with Crippen molar-refractivity contribution in [3.63, 3.8) is 0 Å². The smallest absolute Gasteiger partial charge is 0.152 e. The third kappa shape index (κ3) is 3.08. The van der Waals surface area contributed by atoms with E-state index in [9.17, 15) is 9.67 Å². The molecule has 3 rings (SSSR count). The predicted octanol–water partition coefficient (Wildman–Crippen LogP) is 4.12. The average Bonchev–Trinajstić information content (AvgIpc) is 2.64. The first-order valence-electron chi connectivity index (χ1n) is 8.08. The van der Waals surface area contributed by atoms with Gasteiger partial charge in [0.2, 0.25) is 0 Å². The summed E-state index contributed by atoms with van der Waals surface area (Å²) in [7, 11) is -3.06. The molecule has 0 fully saturated rings. The quantitative estimate of drug-likeness (QED) is 0.712. The van der Waals surface area contributed by atoms with Crippen LogP contribution in [0, 0.1) is 0 Å². The molecule has 24 heavy (non-hydrogen) atoms. The molecular weight excluding hydrogens is 315 g/mol. The lowest BCUT2D eigenvalue weighted by Crippen LogP contribution is -2.27. The standard InChI is InChI=1S/C21H21O2P/c1-17(22)21(18-11-5-2-6-12-18)24(23,19-13-7-3-8-14-19)20-15-9-4-10-16-20/h2-17,21-22H,1H3/t17-,21+/m0/s1. The van der Waals surface area contributed by atoms with E-state index in [0.717, 1.165) is 16.2 Å². The molecule has 0 amide bonds. The molecule has 0 aliphatic heterocycles. The van der Waals surface area contributed by atoms with E-state index in [2.05, 4.69) is 0 Å². The maximum atomic E-state index is 14.4. The van der Waals surface area contributed by atoms with E-state index >= 15 is 0 Å². The summed E-state index contributed by atoms with van der Waals surface area (Å²) in [5.74, 6) is 0. The van der Waals surface area contributed by atoms with Gasteiger partial charge in [0, 0.05) is 10.6 Å². The molecule has 2 nitrogen and oxygen atoms in total. The number of aliphatic hydroxyl groups excluding tert-OH is 1. The number of hydrogen-bond acceptors (Lipinski definition) is 2. The number of rotatable bonds is 5. The van der Waals surface area contributed by atoms with Crippen LogP contribution in [0.2, 0.25) is 0 Å². The van der Waals surface area contributed by atoms with Gasteiger partial charge in [0.15, 0.2) is 7.14 Å². The summed E-state index contributed by atoms with van der Waals surface area (Å²) in [4.78, 5) is 0. The summed E-state index contributed by atoms with van der Waals surface area (Å²) in [6, 6.07) is 28.7. The molecule has 0 saturated heterocycles. The Bertz CT molecular complexity index is 771. The second-order valence-electron chi connectivity index (χ2n) is 5.93. The zero-order chi connectivity index (χ0) is 17.0. The van der Waals surface area contributed by atoms with Crippen LogP contribution >= 0.6 is 7.14 Å². The third-order valence-corrected chi connectivity index (χ3v) is 7.91. The molecule has 3 aromatic carbocycles. The molecular formula is C21H21O2P. The molecule has 0 spiro atoms. The van der Waals surface area contributed by atoms with Crippen LogP contribution in [-0.4, -0.2) is 11.2 Å². The van der Waals surface area contributed by atoms with Crippen LogP contribution in [0.15, 0.2) is 91.0 Å². The van der Waals surface area contributed by atoms with E-state index in [1.54, 1.807) is 6.92 Å². The Hall–Kier alpha value is -2.15. The van der Waals surface area contributed by atoms with Gasteiger partial charge in [-0.15, -0.1) is 0 Å². The minimum atomic E-state index is -3.06. The monoisotopic (exact) mass is 336 g/mol. The highest BCUT2D eigenvalue weighted by molar-refractivity contribution is 7.79. The number of aliphatic hydroxyl groups is 1. The van der Waals surface area contributed by atoms with Crippen LogP contribution in [0.5, 0.6) is 0 Å². The van der Waals surface area contributed by atoms with Gasteiger partial charge in [-0.1, -0.05) is 91.0 Å². The minimum Gasteiger partial charge on any atom is -0.392 e. The zero-order valence-electron chi connectivity index (χ0n) is 13.6. The molecule has 0 bridgehead atoms. The van der Waals surface area contributed by atoms with Crippen LogP contribution in [0.1, 0.15) is 18.1 Å². The predicted molar refractivity (Wildman–Crippen MR) is 101 cm³/mol. The molecule has 0 unspecified atom stereocenters. The maximum absolute atomic E-state index is 14.4. The fraction of sp³-hybridized carbons (Fsp3) is 0.143. The van der Waals surface area contributed by atoms with Crippen molar-refractivity contribution in [2.45, 2.75) is 18.7 Å². The molecule has 3 heteroatoms. The summed E-state index contributed by atoms with van der Waals surface area (Å²) in [5.41, 5.74) is 0.409. The molecule has 1 N–H and O–H groups in total. The van der Waals surface area contributed by atoms with Gasteiger partial charge in [-0.05, 0) is 12.5 Å². The largest absolute Gasteiger partial charge is 0.392 e. The van der Waals surface area contributed by atoms with Crippen molar-refractivity contribution in [2.75, 3.05) is 0 Å². The van der Waals surface area contributed by atoms with Crippen LogP contribution in [-0.2, 0) is 4.57 Å². The second-order valence-corrected chi connectivity index (χ2v) is 8.83. The fourth-order valence-corrected chi connectivity index (χ4v) is 6.58. The normalized spacial score (nSPS) is 14.1. The van der Waals surface area contributed by atoms with Gasteiger partial charge in [-0.25, -0.2) is 0 Å². The Labute approximate surface area is 143 Å². The Morgan fingerprint density at radius 1 is 0.708 bits per heavy atom. The Morgan fingerprint density at radius 3 is 1.46 bits per heavy atom. The summed E-state index contributed by atoms with van der Waals surface area (Å²) < 4.78 is 14.4. The second kappa shape index (κ2) is 7.17. The molecule has 2 atom stereocenters. The lowest BCUT2D eigenvalue weighted by atomic mass is 10.1. The van der Waals surface area contributed by atoms with E-state index in [1.165, 1.54) is 0 Å². The highest BCUT2D eigenvalue weighted by Crippen LogP contribution is 2.58. The van der Waals surface area contributed by atoms with Gasteiger partial charge in [0.1, 0.15) is 0 Å². The van der Waals surface area contributed by atoms with Crippen LogP contribution < -0.4 is 10.6 Å². The highest BCUT2D eigenvalue weighted by Gasteiger charge is 2.40. The van der Waals surface area contributed by atoms with Gasteiger partial charge in [-0.2, -0.15) is 0 Å². The number of benzene rings is 3. The summed E-state index contributed by atoms with van der Waals surface area (Å²) in [5, 5.41) is 12.1. The van der Waals surface area contributed by atoms with Gasteiger partial charge < -0.3 is 9.67 Å². The first-order chi connectivity index (χ1) is 11.6. The Kier molecular flexibility index (Phi) is 4.99. The van der Waals surface area contributed by atoms with Crippen molar-refractivity contribution >= 4 is 17.8 Å². The summed E-state index contributed by atoms with van der Waals surface area (Å²) >= 11 is 0. The lowest BCUT2D eigenvalue weighted by Gasteiger charge is -2.31. The minimum absolute atomic E-state index is 0.483. The average molecular weight is 336 g/mol. The van der Waals surface area contributed by atoms with Gasteiger partial charge in [-0.3, -0.25) is 0 Å². The van der Waals surface area contributed by atoms with E-state index in [1.807, 2.05) is 91.0 Å². The summed E-state index contributed by atoms with van der Waals surface area (Å²) in [6.07, 6.45) is -0.737. The molecule has 0 aromatic heterocycles. The molecule has 0 radical (unpaired) electrons. The van der Waals surface area contributed by atoms with Crippen molar-refractivity contribution in [3.05, 3.63) is 96.6 Å². The van der Waals surface area contributed by atoms with Crippen molar-refractivity contribution in [1.29, 1.82) is 0 Å². The molecule has 3 aromatic rings. The van der Waals surface area contributed by atoms with E-state index in [4.69, 9.17) is 0 Å². The van der Waals surface area contributed by atoms with Crippen molar-refractivity contribution in [3.8, 4) is 0 Å². The third-order valence-electron chi connectivity index (χ3n) is 4.27. The van der Waals surface area contributed by atoms with E-state index in [-0.39, 0.29) is 0 Å². The van der Waals surface area contributed by atoms with Crippen molar-refractivity contribution < 1.29 is 9.67 Å². The zero-order valence-corrected chi connectivity index (χ0v) is 14.5. The van der Waals surface area contributed by atoms with Gasteiger partial charge in [0.25, 0.3) is 0 Å². The summed E-state index contributed by atoms with van der Waals surface area (Å²) in [6.45, 7) is 1.72. The van der Waals surface area contributed by atoms with Crippen LogP contribution in [0.25, 0.3) is 0 Å².